The van der Waals surface area contributed by atoms with Gasteiger partial charge in [-0.05, 0) is 59.5 Å². The van der Waals surface area contributed by atoms with E-state index >= 15 is 0 Å². The Morgan fingerprint density at radius 3 is 2.70 bits per heavy atom. The predicted octanol–water partition coefficient (Wildman–Crippen LogP) is 2.57. The normalized spacial score (nSPS) is 13.2. The molecule has 0 aromatic heterocycles. The van der Waals surface area contributed by atoms with E-state index in [4.69, 9.17) is 5.11 Å². The van der Waals surface area contributed by atoms with Crippen LogP contribution in [0.25, 0.3) is 0 Å². The molecule has 0 heterocycles. The number of thioether (sulfide) groups is 1. The van der Waals surface area contributed by atoms with Crippen molar-refractivity contribution in [3.8, 4) is 0 Å². The molecule has 0 spiro atoms. The van der Waals surface area contributed by atoms with Gasteiger partial charge in [0.15, 0.2) is 0 Å². The fourth-order valence-corrected chi connectivity index (χ4v) is 3.83. The molecule has 0 aliphatic carbocycles. The quantitative estimate of drug-likeness (QED) is 0.757. The lowest BCUT2D eigenvalue weighted by molar-refractivity contribution is 0.0695. The van der Waals surface area contributed by atoms with Gasteiger partial charge in [0, 0.05) is 10.5 Å². The molecule has 1 unspecified atom stereocenters. The van der Waals surface area contributed by atoms with E-state index < -0.39 is 16.0 Å². The molecule has 8 heteroatoms. The fraction of sp³-hybridized carbons (Fsp3) is 0.417. The summed E-state index contributed by atoms with van der Waals surface area (Å²) in [5.74, 6) is -0.325. The average Bonchev–Trinajstić information content (AvgIpc) is 2.35. The molecule has 0 aliphatic rings. The van der Waals surface area contributed by atoms with Crippen molar-refractivity contribution in [3.05, 3.63) is 28.2 Å². The summed E-state index contributed by atoms with van der Waals surface area (Å²) in [6.45, 7) is 1.78. The second-order valence-corrected chi connectivity index (χ2v) is 7.80. The Balaban J connectivity index is 2.98. The number of aromatic carboxylic acids is 1. The number of benzene rings is 1. The fourth-order valence-electron chi connectivity index (χ4n) is 1.52. The van der Waals surface area contributed by atoms with Crippen molar-refractivity contribution < 1.29 is 18.3 Å². The van der Waals surface area contributed by atoms with Crippen molar-refractivity contribution in [2.45, 2.75) is 24.3 Å². The number of halogens is 1. The van der Waals surface area contributed by atoms with Gasteiger partial charge in [0.25, 0.3) is 0 Å². The van der Waals surface area contributed by atoms with Gasteiger partial charge in [-0.2, -0.15) is 11.8 Å². The molecule has 1 rings (SSSR count). The third kappa shape index (κ3) is 4.76. The largest absolute Gasteiger partial charge is 0.478 e. The van der Waals surface area contributed by atoms with E-state index in [1.54, 1.807) is 18.7 Å². The van der Waals surface area contributed by atoms with E-state index in [1.165, 1.54) is 12.1 Å². The van der Waals surface area contributed by atoms with Crippen molar-refractivity contribution >= 4 is 43.7 Å². The maximum atomic E-state index is 12.2. The number of rotatable bonds is 7. The molecule has 0 amide bonds. The minimum atomic E-state index is -3.71. The number of nitrogens with one attached hydrogen (secondary N) is 1. The Kier molecular flexibility index (Phi) is 6.50. The molecule has 0 radical (unpaired) electrons. The number of carboxylic acid groups (broad SMARTS) is 1. The van der Waals surface area contributed by atoms with Crippen LogP contribution in [-0.4, -0.2) is 37.5 Å². The van der Waals surface area contributed by atoms with Gasteiger partial charge in [-0.15, -0.1) is 0 Å². The molecule has 0 aliphatic heterocycles. The van der Waals surface area contributed by atoms with Crippen LogP contribution in [0.15, 0.2) is 27.6 Å². The molecule has 2 N–H and O–H groups in total. The lowest BCUT2D eigenvalue weighted by Crippen LogP contribution is -2.33. The van der Waals surface area contributed by atoms with Crippen LogP contribution in [0, 0.1) is 0 Å². The monoisotopic (exact) mass is 381 g/mol. The molecule has 5 nitrogen and oxygen atoms in total. The smallest absolute Gasteiger partial charge is 0.336 e. The van der Waals surface area contributed by atoms with Crippen LogP contribution in [0.5, 0.6) is 0 Å². The van der Waals surface area contributed by atoms with E-state index in [1.807, 2.05) is 6.26 Å². The summed E-state index contributed by atoms with van der Waals surface area (Å²) in [6, 6.07) is 3.74. The SMILES string of the molecule is CSCCC(C)NS(=O)(=O)c1ccc(Br)c(C(=O)O)c1. The summed E-state index contributed by atoms with van der Waals surface area (Å²) in [7, 11) is -3.71. The number of sulfonamides is 1. The number of hydrogen-bond acceptors (Lipinski definition) is 4. The van der Waals surface area contributed by atoms with Crippen LogP contribution in [-0.2, 0) is 10.0 Å². The molecule has 0 bridgehead atoms. The van der Waals surface area contributed by atoms with Crippen molar-refractivity contribution in [1.29, 1.82) is 0 Å². The van der Waals surface area contributed by atoms with Crippen molar-refractivity contribution in [1.82, 2.24) is 4.72 Å². The first-order valence-electron chi connectivity index (χ1n) is 5.82. The highest BCUT2D eigenvalue weighted by Crippen LogP contribution is 2.21. The second kappa shape index (κ2) is 7.44. The third-order valence-electron chi connectivity index (χ3n) is 2.59. The summed E-state index contributed by atoms with van der Waals surface area (Å²) in [5, 5.41) is 9.01. The zero-order valence-corrected chi connectivity index (χ0v) is 14.3. The van der Waals surface area contributed by atoms with Crippen LogP contribution in [0.2, 0.25) is 0 Å². The standard InChI is InChI=1S/C12H16BrNO4S2/c1-8(5-6-19-2)14-20(17,18)9-3-4-11(13)10(7-9)12(15)16/h3-4,7-8,14H,5-6H2,1-2H3,(H,15,16). The molecule has 1 atom stereocenters. The lowest BCUT2D eigenvalue weighted by Gasteiger charge is -2.14. The summed E-state index contributed by atoms with van der Waals surface area (Å²) >= 11 is 4.73. The first kappa shape index (κ1) is 17.5. The van der Waals surface area contributed by atoms with Gasteiger partial charge in [-0.1, -0.05) is 0 Å². The topological polar surface area (TPSA) is 83.5 Å². The number of carboxylic acids is 1. The average molecular weight is 382 g/mol. The molecule has 1 aromatic rings. The Labute approximate surface area is 131 Å². The highest BCUT2D eigenvalue weighted by atomic mass is 79.9. The second-order valence-electron chi connectivity index (χ2n) is 4.25. The van der Waals surface area contributed by atoms with E-state index in [-0.39, 0.29) is 16.5 Å². The van der Waals surface area contributed by atoms with Crippen molar-refractivity contribution in [2.24, 2.45) is 0 Å². The molecule has 0 saturated heterocycles. The maximum Gasteiger partial charge on any atom is 0.336 e. The Morgan fingerprint density at radius 2 is 2.15 bits per heavy atom. The van der Waals surface area contributed by atoms with Gasteiger partial charge in [0.2, 0.25) is 10.0 Å². The van der Waals surface area contributed by atoms with E-state index in [0.29, 0.717) is 10.9 Å². The zero-order valence-electron chi connectivity index (χ0n) is 11.1. The highest BCUT2D eigenvalue weighted by molar-refractivity contribution is 9.10. The minimum Gasteiger partial charge on any atom is -0.478 e. The number of hydrogen-bond donors (Lipinski definition) is 2. The Bertz CT molecular complexity index is 589. The molecule has 0 saturated carbocycles. The summed E-state index contributed by atoms with van der Waals surface area (Å²) < 4.78 is 27.2. The van der Waals surface area contributed by atoms with Gasteiger partial charge in [0.05, 0.1) is 10.5 Å². The van der Waals surface area contributed by atoms with Gasteiger partial charge in [-0.25, -0.2) is 17.9 Å². The summed E-state index contributed by atoms with van der Waals surface area (Å²) in [6.07, 6.45) is 2.66. The highest BCUT2D eigenvalue weighted by Gasteiger charge is 2.20. The molecule has 0 fully saturated rings. The van der Waals surface area contributed by atoms with Crippen LogP contribution in [0.4, 0.5) is 0 Å². The summed E-state index contributed by atoms with van der Waals surface area (Å²) in [4.78, 5) is 11.0. The van der Waals surface area contributed by atoms with Gasteiger partial charge in [-0.3, -0.25) is 0 Å². The van der Waals surface area contributed by atoms with E-state index in [9.17, 15) is 13.2 Å². The van der Waals surface area contributed by atoms with Crippen LogP contribution >= 0.6 is 27.7 Å². The minimum absolute atomic E-state index is 0.0471. The van der Waals surface area contributed by atoms with Gasteiger partial charge < -0.3 is 5.11 Å². The van der Waals surface area contributed by atoms with Gasteiger partial charge in [0.1, 0.15) is 0 Å². The molecule has 1 aromatic carbocycles. The van der Waals surface area contributed by atoms with E-state index in [0.717, 1.165) is 11.8 Å². The molecule has 20 heavy (non-hydrogen) atoms. The third-order valence-corrected chi connectivity index (χ3v) is 5.51. The molecular weight excluding hydrogens is 366 g/mol. The lowest BCUT2D eigenvalue weighted by atomic mass is 10.2. The first-order valence-corrected chi connectivity index (χ1v) is 9.49. The Morgan fingerprint density at radius 1 is 1.50 bits per heavy atom. The zero-order chi connectivity index (χ0) is 15.3. The summed E-state index contributed by atoms with van der Waals surface area (Å²) in [5.41, 5.74) is -0.0790. The van der Waals surface area contributed by atoms with Crippen molar-refractivity contribution in [2.75, 3.05) is 12.0 Å². The van der Waals surface area contributed by atoms with Gasteiger partial charge >= 0.3 is 5.97 Å². The van der Waals surface area contributed by atoms with Crippen LogP contribution < -0.4 is 4.72 Å². The predicted molar refractivity (Wildman–Crippen MR) is 83.9 cm³/mol. The van der Waals surface area contributed by atoms with Crippen LogP contribution in [0.3, 0.4) is 0 Å². The van der Waals surface area contributed by atoms with Crippen molar-refractivity contribution in [3.63, 3.8) is 0 Å². The molecule has 112 valence electrons. The molecular formula is C12H16BrNO4S2. The maximum absolute atomic E-state index is 12.2. The number of carbonyl (C=O) groups is 1. The van der Waals surface area contributed by atoms with E-state index in [2.05, 4.69) is 20.7 Å². The first-order chi connectivity index (χ1) is 9.27. The van der Waals surface area contributed by atoms with Crippen LogP contribution in [0.1, 0.15) is 23.7 Å². The Hall–Kier alpha value is -0.570.